The molecular weight excluding hydrogens is 208 g/mol. The Morgan fingerprint density at radius 1 is 1.12 bits per heavy atom. The van der Waals surface area contributed by atoms with E-state index in [1.807, 2.05) is 0 Å². The quantitative estimate of drug-likeness (QED) is 0.798. The summed E-state index contributed by atoms with van der Waals surface area (Å²) in [6, 6.07) is 9.54. The average molecular weight is 228 g/mol. The molecule has 1 heterocycles. The molecule has 1 aromatic carbocycles. The summed E-state index contributed by atoms with van der Waals surface area (Å²) in [6.45, 7) is 0. The van der Waals surface area contributed by atoms with Gasteiger partial charge in [-0.1, -0.05) is 6.07 Å². The zero-order chi connectivity index (χ0) is 11.8. The first-order valence-electron chi connectivity index (χ1n) is 6.54. The van der Waals surface area contributed by atoms with Crippen LogP contribution in [0.15, 0.2) is 30.5 Å². The molecule has 2 N–H and O–H groups in total. The maximum Gasteiger partial charge on any atom is 0.0477 e. The van der Waals surface area contributed by atoms with E-state index >= 15 is 0 Å². The highest BCUT2D eigenvalue weighted by atomic mass is 14.9. The van der Waals surface area contributed by atoms with Crippen molar-refractivity contribution >= 4 is 10.9 Å². The van der Waals surface area contributed by atoms with Crippen LogP contribution < -0.4 is 5.73 Å². The van der Waals surface area contributed by atoms with Crippen LogP contribution in [-0.4, -0.2) is 10.6 Å². The molecule has 0 unspecified atom stereocenters. The molecule has 0 saturated heterocycles. The molecule has 1 aromatic heterocycles. The molecule has 2 aromatic rings. The maximum atomic E-state index is 5.97. The van der Waals surface area contributed by atoms with E-state index in [-0.39, 0.29) is 0 Å². The second-order valence-corrected chi connectivity index (χ2v) is 5.36. The fourth-order valence-corrected chi connectivity index (χ4v) is 3.01. The van der Waals surface area contributed by atoms with Crippen LogP contribution >= 0.6 is 0 Å². The van der Waals surface area contributed by atoms with E-state index < -0.39 is 0 Å². The van der Waals surface area contributed by atoms with Crippen molar-refractivity contribution in [3.63, 3.8) is 0 Å². The Morgan fingerprint density at radius 3 is 2.65 bits per heavy atom. The SMILES string of the molecule is Cn1ccc2cc(C3CCC(N)CC3)ccc21. The molecule has 0 radical (unpaired) electrons. The van der Waals surface area contributed by atoms with Gasteiger partial charge in [-0.15, -0.1) is 0 Å². The van der Waals surface area contributed by atoms with E-state index in [1.165, 1.54) is 42.1 Å². The van der Waals surface area contributed by atoms with Crippen molar-refractivity contribution in [3.05, 3.63) is 36.0 Å². The third-order valence-electron chi connectivity index (χ3n) is 4.15. The second-order valence-electron chi connectivity index (χ2n) is 5.36. The van der Waals surface area contributed by atoms with Crippen LogP contribution in [0.4, 0.5) is 0 Å². The van der Waals surface area contributed by atoms with Gasteiger partial charge < -0.3 is 10.3 Å². The summed E-state index contributed by atoms with van der Waals surface area (Å²) in [4.78, 5) is 0. The summed E-state index contributed by atoms with van der Waals surface area (Å²) in [5, 5.41) is 1.36. The van der Waals surface area contributed by atoms with E-state index in [4.69, 9.17) is 5.73 Å². The largest absolute Gasteiger partial charge is 0.351 e. The van der Waals surface area contributed by atoms with Crippen molar-refractivity contribution in [2.45, 2.75) is 37.6 Å². The van der Waals surface area contributed by atoms with Gasteiger partial charge in [0.2, 0.25) is 0 Å². The minimum absolute atomic E-state index is 0.437. The molecule has 2 heteroatoms. The van der Waals surface area contributed by atoms with Gasteiger partial charge in [-0.2, -0.15) is 0 Å². The highest BCUT2D eigenvalue weighted by Gasteiger charge is 2.20. The molecule has 0 bridgehead atoms. The fraction of sp³-hybridized carbons (Fsp3) is 0.467. The van der Waals surface area contributed by atoms with Gasteiger partial charge in [0, 0.05) is 24.8 Å². The van der Waals surface area contributed by atoms with Crippen LogP contribution in [0.1, 0.15) is 37.2 Å². The number of benzene rings is 1. The highest BCUT2D eigenvalue weighted by Crippen LogP contribution is 2.33. The van der Waals surface area contributed by atoms with Crippen molar-refractivity contribution in [1.29, 1.82) is 0 Å². The number of rotatable bonds is 1. The van der Waals surface area contributed by atoms with Gasteiger partial charge >= 0.3 is 0 Å². The molecule has 1 saturated carbocycles. The molecule has 90 valence electrons. The molecule has 17 heavy (non-hydrogen) atoms. The summed E-state index contributed by atoms with van der Waals surface area (Å²) < 4.78 is 2.18. The number of aromatic nitrogens is 1. The van der Waals surface area contributed by atoms with Crippen molar-refractivity contribution in [2.75, 3.05) is 0 Å². The van der Waals surface area contributed by atoms with Crippen LogP contribution in [0.5, 0.6) is 0 Å². The van der Waals surface area contributed by atoms with Gasteiger partial charge in [0.1, 0.15) is 0 Å². The normalized spacial score (nSPS) is 25.3. The first-order valence-corrected chi connectivity index (χ1v) is 6.54. The van der Waals surface area contributed by atoms with Crippen molar-refractivity contribution in [2.24, 2.45) is 12.8 Å². The molecule has 3 rings (SSSR count). The van der Waals surface area contributed by atoms with Crippen LogP contribution in [0, 0.1) is 0 Å². The zero-order valence-electron chi connectivity index (χ0n) is 10.4. The lowest BCUT2D eigenvalue weighted by molar-refractivity contribution is 0.396. The lowest BCUT2D eigenvalue weighted by Crippen LogP contribution is -2.25. The van der Waals surface area contributed by atoms with Crippen LogP contribution in [0.25, 0.3) is 10.9 Å². The molecule has 0 amide bonds. The molecule has 1 aliphatic carbocycles. The minimum atomic E-state index is 0.437. The van der Waals surface area contributed by atoms with Gasteiger partial charge in [0.05, 0.1) is 0 Å². The monoisotopic (exact) mass is 228 g/mol. The number of fused-ring (bicyclic) bond motifs is 1. The Kier molecular flexibility index (Phi) is 2.67. The lowest BCUT2D eigenvalue weighted by atomic mass is 9.82. The third-order valence-corrected chi connectivity index (χ3v) is 4.15. The van der Waals surface area contributed by atoms with Crippen molar-refractivity contribution in [3.8, 4) is 0 Å². The standard InChI is InChI=1S/C15H20N2/c1-17-9-8-13-10-12(4-7-15(13)17)11-2-5-14(16)6-3-11/h4,7-11,14H,2-3,5-6,16H2,1H3. The van der Waals surface area contributed by atoms with E-state index in [1.54, 1.807) is 0 Å². The predicted octanol–water partition coefficient (Wildman–Crippen LogP) is 3.16. The molecule has 0 aliphatic heterocycles. The number of nitrogens with two attached hydrogens (primary N) is 1. The first-order chi connectivity index (χ1) is 8.24. The van der Waals surface area contributed by atoms with Gasteiger partial charge in [0.15, 0.2) is 0 Å². The van der Waals surface area contributed by atoms with Gasteiger partial charge in [-0.25, -0.2) is 0 Å². The summed E-state index contributed by atoms with van der Waals surface area (Å²) in [6.07, 6.45) is 6.99. The summed E-state index contributed by atoms with van der Waals surface area (Å²) in [5.74, 6) is 0.722. The van der Waals surface area contributed by atoms with Gasteiger partial charge in [0.25, 0.3) is 0 Å². The molecule has 2 nitrogen and oxygen atoms in total. The van der Waals surface area contributed by atoms with E-state index in [0.29, 0.717) is 6.04 Å². The Labute approximate surface area is 102 Å². The van der Waals surface area contributed by atoms with E-state index in [9.17, 15) is 0 Å². The number of aryl methyl sites for hydroxylation is 1. The molecular formula is C15H20N2. The number of nitrogens with zero attached hydrogens (tertiary/aromatic N) is 1. The zero-order valence-corrected chi connectivity index (χ0v) is 10.4. The number of hydrogen-bond donors (Lipinski definition) is 1. The first kappa shape index (κ1) is 10.8. The van der Waals surface area contributed by atoms with E-state index in [0.717, 1.165) is 5.92 Å². The topological polar surface area (TPSA) is 30.9 Å². The summed E-state index contributed by atoms with van der Waals surface area (Å²) in [5.41, 5.74) is 8.78. The fourth-order valence-electron chi connectivity index (χ4n) is 3.01. The summed E-state index contributed by atoms with van der Waals surface area (Å²) in [7, 11) is 2.10. The van der Waals surface area contributed by atoms with Gasteiger partial charge in [-0.3, -0.25) is 0 Å². The van der Waals surface area contributed by atoms with Crippen LogP contribution in [-0.2, 0) is 7.05 Å². The second kappa shape index (κ2) is 4.19. The molecule has 0 spiro atoms. The van der Waals surface area contributed by atoms with E-state index in [2.05, 4.69) is 42.1 Å². The van der Waals surface area contributed by atoms with Gasteiger partial charge in [-0.05, 0) is 60.7 Å². The average Bonchev–Trinajstić information content (AvgIpc) is 2.72. The smallest absolute Gasteiger partial charge is 0.0477 e. The Bertz CT molecular complexity index is 519. The highest BCUT2D eigenvalue weighted by molar-refractivity contribution is 5.80. The summed E-state index contributed by atoms with van der Waals surface area (Å²) >= 11 is 0. The molecule has 1 aliphatic rings. The maximum absolute atomic E-state index is 5.97. The molecule has 0 atom stereocenters. The lowest BCUT2D eigenvalue weighted by Gasteiger charge is -2.26. The Hall–Kier alpha value is -1.28. The number of hydrogen-bond acceptors (Lipinski definition) is 1. The van der Waals surface area contributed by atoms with Crippen LogP contribution in [0.2, 0.25) is 0 Å². The van der Waals surface area contributed by atoms with Crippen molar-refractivity contribution in [1.82, 2.24) is 4.57 Å². The molecule has 1 fully saturated rings. The Morgan fingerprint density at radius 2 is 1.88 bits per heavy atom. The Balaban J connectivity index is 1.90. The predicted molar refractivity (Wildman–Crippen MR) is 72.1 cm³/mol. The minimum Gasteiger partial charge on any atom is -0.351 e. The van der Waals surface area contributed by atoms with Crippen molar-refractivity contribution < 1.29 is 0 Å². The third kappa shape index (κ3) is 1.98. The van der Waals surface area contributed by atoms with Crippen LogP contribution in [0.3, 0.4) is 0 Å².